The summed E-state index contributed by atoms with van der Waals surface area (Å²) in [7, 11) is 0. The normalized spacial score (nSPS) is 10.2. The van der Waals surface area contributed by atoms with Gasteiger partial charge in [-0.2, -0.15) is 0 Å². The number of carbonyl (C=O) groups excluding carboxylic acids is 2. The maximum atomic E-state index is 11.7. The predicted molar refractivity (Wildman–Crippen MR) is 85.0 cm³/mol. The first-order valence-electron chi connectivity index (χ1n) is 6.55. The number of ether oxygens (including phenoxy) is 1. The molecule has 2 rings (SSSR count). The number of carbonyl (C=O) groups is 2. The van der Waals surface area contributed by atoms with Gasteiger partial charge < -0.3 is 20.8 Å². The molecule has 2 amide bonds. The zero-order valence-corrected chi connectivity index (χ0v) is 12.6. The number of nitrogens with zero attached hydrogens (tertiary/aromatic N) is 1. The van der Waals surface area contributed by atoms with E-state index in [1.54, 1.807) is 0 Å². The highest BCUT2D eigenvalue weighted by molar-refractivity contribution is 7.99. The van der Waals surface area contributed by atoms with E-state index in [9.17, 15) is 9.59 Å². The number of primary amides is 1. The van der Waals surface area contributed by atoms with Gasteiger partial charge in [-0.3, -0.25) is 9.59 Å². The van der Waals surface area contributed by atoms with Gasteiger partial charge in [-0.1, -0.05) is 18.2 Å². The second-order valence-electron chi connectivity index (χ2n) is 4.25. The summed E-state index contributed by atoms with van der Waals surface area (Å²) in [5, 5.41) is 2.54. The lowest BCUT2D eigenvalue weighted by molar-refractivity contribution is -0.113. The van der Waals surface area contributed by atoms with Crippen LogP contribution in [0.1, 0.15) is 10.5 Å². The smallest absolute Gasteiger partial charge is 0.269 e. The van der Waals surface area contributed by atoms with E-state index in [4.69, 9.17) is 10.5 Å². The molecule has 0 spiro atoms. The number of anilines is 1. The number of aromatic amines is 1. The first kappa shape index (κ1) is 15.9. The molecule has 2 aromatic rings. The molecule has 22 heavy (non-hydrogen) atoms. The number of H-pyrrole nitrogens is 1. The van der Waals surface area contributed by atoms with Crippen molar-refractivity contribution >= 4 is 29.4 Å². The summed E-state index contributed by atoms with van der Waals surface area (Å²) >= 11 is 1.43. The molecule has 0 saturated carbocycles. The van der Waals surface area contributed by atoms with Crippen molar-refractivity contribution in [1.29, 1.82) is 0 Å². The number of hydrogen-bond donors (Lipinski definition) is 3. The number of nitrogens with two attached hydrogens (primary N) is 1. The molecule has 7 nitrogen and oxygen atoms in total. The van der Waals surface area contributed by atoms with Gasteiger partial charge in [0, 0.05) is 5.75 Å². The van der Waals surface area contributed by atoms with Crippen molar-refractivity contribution in [1.82, 2.24) is 9.97 Å². The average Bonchev–Trinajstić information content (AvgIpc) is 2.96. The molecule has 0 saturated heterocycles. The van der Waals surface area contributed by atoms with Gasteiger partial charge in [0.1, 0.15) is 11.4 Å². The number of rotatable bonds is 8. The van der Waals surface area contributed by atoms with Crippen molar-refractivity contribution in [2.24, 2.45) is 5.73 Å². The van der Waals surface area contributed by atoms with Gasteiger partial charge in [-0.05, 0) is 12.1 Å². The van der Waals surface area contributed by atoms with E-state index >= 15 is 0 Å². The molecule has 0 unspecified atom stereocenters. The van der Waals surface area contributed by atoms with Crippen LogP contribution in [0.25, 0.3) is 0 Å². The standard InChI is InChI=1S/C14H16N4O3S/c15-13(20)12-14(17-9-16-12)18-11(19)8-22-7-6-21-10-4-2-1-3-5-10/h1-5,9H,6-8H2,(H2,15,20)(H,16,17)(H,18,19). The highest BCUT2D eigenvalue weighted by atomic mass is 32.2. The van der Waals surface area contributed by atoms with Crippen molar-refractivity contribution in [3.8, 4) is 5.75 Å². The summed E-state index contributed by atoms with van der Waals surface area (Å²) in [6, 6.07) is 9.47. The molecular formula is C14H16N4O3S. The van der Waals surface area contributed by atoms with Crippen molar-refractivity contribution in [2.75, 3.05) is 23.4 Å². The third kappa shape index (κ3) is 4.81. The number of nitrogens with one attached hydrogen (secondary N) is 2. The number of imidazole rings is 1. The Morgan fingerprint density at radius 3 is 2.82 bits per heavy atom. The van der Waals surface area contributed by atoms with E-state index in [0.29, 0.717) is 12.4 Å². The Hall–Kier alpha value is -2.48. The summed E-state index contributed by atoms with van der Waals surface area (Å²) in [5.74, 6) is 0.944. The molecule has 4 N–H and O–H groups in total. The number of benzene rings is 1. The zero-order valence-electron chi connectivity index (χ0n) is 11.7. The molecule has 0 atom stereocenters. The van der Waals surface area contributed by atoms with Crippen LogP contribution in [0.5, 0.6) is 5.75 Å². The second-order valence-corrected chi connectivity index (χ2v) is 5.36. The number of aromatic nitrogens is 2. The Labute approximate surface area is 131 Å². The second kappa shape index (κ2) is 8.08. The lowest BCUT2D eigenvalue weighted by Gasteiger charge is -2.06. The Morgan fingerprint density at radius 1 is 1.32 bits per heavy atom. The number of amides is 2. The van der Waals surface area contributed by atoms with E-state index in [2.05, 4.69) is 15.3 Å². The maximum Gasteiger partial charge on any atom is 0.269 e. The number of thioether (sulfide) groups is 1. The molecular weight excluding hydrogens is 304 g/mol. The van der Waals surface area contributed by atoms with Crippen LogP contribution in [0, 0.1) is 0 Å². The summed E-state index contributed by atoms with van der Waals surface area (Å²) in [6.45, 7) is 0.511. The summed E-state index contributed by atoms with van der Waals surface area (Å²) in [5.41, 5.74) is 5.24. The number of para-hydroxylation sites is 1. The first-order valence-corrected chi connectivity index (χ1v) is 7.71. The quantitative estimate of drug-likeness (QED) is 0.634. The summed E-state index contributed by atoms with van der Waals surface area (Å²) < 4.78 is 5.51. The Kier molecular flexibility index (Phi) is 5.84. The minimum absolute atomic E-state index is 0.0887. The van der Waals surface area contributed by atoms with Gasteiger partial charge in [0.25, 0.3) is 5.91 Å². The fourth-order valence-corrected chi connectivity index (χ4v) is 2.25. The van der Waals surface area contributed by atoms with Crippen LogP contribution in [-0.2, 0) is 4.79 Å². The van der Waals surface area contributed by atoms with Crippen molar-refractivity contribution in [3.63, 3.8) is 0 Å². The zero-order chi connectivity index (χ0) is 15.8. The van der Waals surface area contributed by atoms with Crippen LogP contribution in [0.15, 0.2) is 36.7 Å². The van der Waals surface area contributed by atoms with Gasteiger partial charge in [-0.25, -0.2) is 4.98 Å². The third-order valence-corrected chi connectivity index (χ3v) is 3.54. The molecule has 1 heterocycles. The van der Waals surface area contributed by atoms with Crippen molar-refractivity contribution in [3.05, 3.63) is 42.4 Å². The molecule has 1 aromatic heterocycles. The topological polar surface area (TPSA) is 110 Å². The minimum atomic E-state index is -0.670. The molecule has 1 aromatic carbocycles. The van der Waals surface area contributed by atoms with Gasteiger partial charge in [-0.15, -0.1) is 11.8 Å². The SMILES string of the molecule is NC(=O)c1[nH]cnc1NC(=O)CSCCOc1ccccc1. The van der Waals surface area contributed by atoms with E-state index in [1.807, 2.05) is 30.3 Å². The summed E-state index contributed by atoms with van der Waals surface area (Å²) in [6.07, 6.45) is 1.30. The molecule has 0 aliphatic heterocycles. The molecule has 0 fully saturated rings. The third-order valence-electron chi connectivity index (χ3n) is 2.62. The maximum absolute atomic E-state index is 11.7. The first-order chi connectivity index (χ1) is 10.7. The van der Waals surface area contributed by atoms with E-state index in [-0.39, 0.29) is 23.2 Å². The fourth-order valence-electron chi connectivity index (χ4n) is 1.65. The lowest BCUT2D eigenvalue weighted by atomic mass is 10.3. The van der Waals surface area contributed by atoms with Crippen LogP contribution < -0.4 is 15.8 Å². The van der Waals surface area contributed by atoms with Crippen LogP contribution in [0.3, 0.4) is 0 Å². The Morgan fingerprint density at radius 2 is 2.09 bits per heavy atom. The van der Waals surface area contributed by atoms with E-state index in [1.165, 1.54) is 18.1 Å². The van der Waals surface area contributed by atoms with Crippen LogP contribution in [0.2, 0.25) is 0 Å². The molecule has 0 aliphatic rings. The highest BCUT2D eigenvalue weighted by Crippen LogP contribution is 2.11. The van der Waals surface area contributed by atoms with Crippen molar-refractivity contribution in [2.45, 2.75) is 0 Å². The molecule has 0 radical (unpaired) electrons. The van der Waals surface area contributed by atoms with E-state index in [0.717, 1.165) is 5.75 Å². The highest BCUT2D eigenvalue weighted by Gasteiger charge is 2.13. The lowest BCUT2D eigenvalue weighted by Crippen LogP contribution is -2.19. The van der Waals surface area contributed by atoms with Crippen LogP contribution >= 0.6 is 11.8 Å². The minimum Gasteiger partial charge on any atom is -0.493 e. The Balaban J connectivity index is 1.66. The average molecular weight is 320 g/mol. The Bertz CT molecular complexity index is 630. The van der Waals surface area contributed by atoms with Crippen LogP contribution in [-0.4, -0.2) is 39.9 Å². The largest absolute Gasteiger partial charge is 0.493 e. The van der Waals surface area contributed by atoms with Crippen LogP contribution in [0.4, 0.5) is 5.82 Å². The van der Waals surface area contributed by atoms with Gasteiger partial charge in [0.2, 0.25) is 5.91 Å². The van der Waals surface area contributed by atoms with Crippen molar-refractivity contribution < 1.29 is 14.3 Å². The van der Waals surface area contributed by atoms with Gasteiger partial charge in [0.05, 0.1) is 18.7 Å². The number of hydrogen-bond acceptors (Lipinski definition) is 5. The van der Waals surface area contributed by atoms with E-state index < -0.39 is 5.91 Å². The molecule has 8 heteroatoms. The monoisotopic (exact) mass is 320 g/mol. The summed E-state index contributed by atoms with van der Waals surface area (Å²) in [4.78, 5) is 29.2. The van der Waals surface area contributed by atoms with Gasteiger partial charge >= 0.3 is 0 Å². The molecule has 0 bridgehead atoms. The van der Waals surface area contributed by atoms with Gasteiger partial charge in [0.15, 0.2) is 5.82 Å². The fraction of sp³-hybridized carbons (Fsp3) is 0.214. The molecule has 0 aliphatic carbocycles. The molecule has 116 valence electrons. The predicted octanol–water partition coefficient (Wildman–Crippen LogP) is 1.26.